The van der Waals surface area contributed by atoms with Crippen LogP contribution in [0.15, 0.2) is 18.2 Å². The number of aryl methyl sites for hydroxylation is 2. The van der Waals surface area contributed by atoms with Crippen LogP contribution < -0.4 is 5.32 Å². The van der Waals surface area contributed by atoms with Crippen LogP contribution >= 0.6 is 0 Å². The second kappa shape index (κ2) is 9.92. The van der Waals surface area contributed by atoms with Crippen LogP contribution in [0.5, 0.6) is 0 Å². The maximum atomic E-state index is 5.44. The van der Waals surface area contributed by atoms with Gasteiger partial charge in [-0.15, -0.1) is 0 Å². The lowest BCUT2D eigenvalue weighted by Crippen LogP contribution is -2.20. The summed E-state index contributed by atoms with van der Waals surface area (Å²) in [5.74, 6) is 0. The number of rotatable bonds is 10. The van der Waals surface area contributed by atoms with Crippen molar-refractivity contribution in [3.63, 3.8) is 0 Å². The predicted molar refractivity (Wildman–Crippen MR) is 84.3 cm³/mol. The summed E-state index contributed by atoms with van der Waals surface area (Å²) >= 11 is 0. The Hall–Kier alpha value is -0.900. The number of nitrogens with one attached hydrogen (secondary N) is 1. The molecule has 1 N–H and O–H groups in total. The van der Waals surface area contributed by atoms with Gasteiger partial charge in [-0.2, -0.15) is 0 Å². The Bertz CT molecular complexity index is 379. The van der Waals surface area contributed by atoms with Gasteiger partial charge in [0.1, 0.15) is 0 Å². The summed E-state index contributed by atoms with van der Waals surface area (Å²) in [4.78, 5) is 0. The lowest BCUT2D eigenvalue weighted by Gasteiger charge is -2.15. The molecule has 0 fully saturated rings. The number of methoxy groups -OCH3 is 1. The van der Waals surface area contributed by atoms with E-state index in [2.05, 4.69) is 44.3 Å². The zero-order chi connectivity index (χ0) is 14.8. The molecular weight excluding hydrogens is 250 g/mol. The first-order valence-electron chi connectivity index (χ1n) is 7.52. The van der Waals surface area contributed by atoms with Crippen LogP contribution in [0.2, 0.25) is 0 Å². The molecule has 0 aliphatic rings. The summed E-state index contributed by atoms with van der Waals surface area (Å²) in [5, 5.41) is 3.57. The fourth-order valence-electron chi connectivity index (χ4n) is 2.04. The van der Waals surface area contributed by atoms with Crippen molar-refractivity contribution in [2.45, 2.75) is 39.7 Å². The molecule has 0 aliphatic carbocycles. The number of unbranched alkanes of at least 4 members (excludes halogenated alkanes) is 1. The van der Waals surface area contributed by atoms with Gasteiger partial charge in [-0.1, -0.05) is 18.2 Å². The van der Waals surface area contributed by atoms with Gasteiger partial charge >= 0.3 is 0 Å². The topological polar surface area (TPSA) is 30.5 Å². The number of hydrogen-bond acceptors (Lipinski definition) is 3. The average molecular weight is 279 g/mol. The van der Waals surface area contributed by atoms with Gasteiger partial charge in [0.15, 0.2) is 0 Å². The van der Waals surface area contributed by atoms with Gasteiger partial charge in [-0.25, -0.2) is 0 Å². The quantitative estimate of drug-likeness (QED) is 0.666. The van der Waals surface area contributed by atoms with Gasteiger partial charge in [0.2, 0.25) is 0 Å². The Labute approximate surface area is 123 Å². The van der Waals surface area contributed by atoms with E-state index in [4.69, 9.17) is 9.47 Å². The molecule has 0 bridgehead atoms. The van der Waals surface area contributed by atoms with Gasteiger partial charge in [-0.3, -0.25) is 0 Å². The minimum Gasteiger partial charge on any atom is -0.382 e. The van der Waals surface area contributed by atoms with Crippen molar-refractivity contribution in [3.8, 4) is 0 Å². The number of benzene rings is 1. The first kappa shape index (κ1) is 17.2. The standard InChI is InChI=1S/C17H29NO2/c1-14-7-8-17(13-15(14)2)16(3)18-9-5-6-10-20-12-11-19-4/h7-8,13,16,18H,5-6,9-12H2,1-4H3. The Morgan fingerprint density at radius 1 is 1.05 bits per heavy atom. The second-order valence-electron chi connectivity index (χ2n) is 5.33. The zero-order valence-corrected chi connectivity index (χ0v) is 13.4. The molecule has 3 heteroatoms. The molecule has 0 radical (unpaired) electrons. The Morgan fingerprint density at radius 2 is 1.85 bits per heavy atom. The predicted octanol–water partition coefficient (Wildman–Crippen LogP) is 3.40. The molecule has 0 saturated carbocycles. The van der Waals surface area contributed by atoms with Crippen molar-refractivity contribution in [3.05, 3.63) is 34.9 Å². The fraction of sp³-hybridized carbons (Fsp3) is 0.647. The van der Waals surface area contributed by atoms with E-state index in [0.29, 0.717) is 19.3 Å². The highest BCUT2D eigenvalue weighted by Crippen LogP contribution is 2.16. The molecule has 1 rings (SSSR count). The largest absolute Gasteiger partial charge is 0.382 e. The molecule has 3 nitrogen and oxygen atoms in total. The lowest BCUT2D eigenvalue weighted by molar-refractivity contribution is 0.0687. The SMILES string of the molecule is COCCOCCCCNC(C)c1ccc(C)c(C)c1. The van der Waals surface area contributed by atoms with Gasteiger partial charge in [0.25, 0.3) is 0 Å². The Balaban J connectivity index is 2.13. The highest BCUT2D eigenvalue weighted by Gasteiger charge is 2.05. The van der Waals surface area contributed by atoms with E-state index < -0.39 is 0 Å². The van der Waals surface area contributed by atoms with Crippen molar-refractivity contribution < 1.29 is 9.47 Å². The summed E-state index contributed by atoms with van der Waals surface area (Å²) in [5.41, 5.74) is 4.08. The molecule has 0 saturated heterocycles. The molecule has 1 aromatic rings. The van der Waals surface area contributed by atoms with Crippen LogP contribution in [-0.2, 0) is 9.47 Å². The van der Waals surface area contributed by atoms with Crippen LogP contribution in [0.4, 0.5) is 0 Å². The maximum absolute atomic E-state index is 5.44. The van der Waals surface area contributed by atoms with E-state index >= 15 is 0 Å². The van der Waals surface area contributed by atoms with Crippen LogP contribution in [-0.4, -0.2) is 33.5 Å². The third kappa shape index (κ3) is 6.51. The average Bonchev–Trinajstić information content (AvgIpc) is 2.44. The summed E-state index contributed by atoms with van der Waals surface area (Å²) in [7, 11) is 1.70. The van der Waals surface area contributed by atoms with Gasteiger partial charge in [0.05, 0.1) is 13.2 Å². The number of ether oxygens (including phenoxy) is 2. The van der Waals surface area contributed by atoms with Gasteiger partial charge in [0, 0.05) is 19.8 Å². The normalized spacial score (nSPS) is 12.6. The zero-order valence-electron chi connectivity index (χ0n) is 13.4. The molecule has 0 aliphatic heterocycles. The second-order valence-corrected chi connectivity index (χ2v) is 5.33. The Kier molecular flexibility index (Phi) is 8.51. The minimum atomic E-state index is 0.406. The first-order valence-corrected chi connectivity index (χ1v) is 7.52. The van der Waals surface area contributed by atoms with E-state index in [-0.39, 0.29) is 0 Å². The van der Waals surface area contributed by atoms with Crippen molar-refractivity contribution in [1.82, 2.24) is 5.32 Å². The molecule has 0 heterocycles. The van der Waals surface area contributed by atoms with Crippen molar-refractivity contribution in [2.24, 2.45) is 0 Å². The molecule has 0 spiro atoms. The molecule has 0 aromatic heterocycles. The molecule has 114 valence electrons. The fourth-order valence-corrected chi connectivity index (χ4v) is 2.04. The molecule has 0 amide bonds. The Morgan fingerprint density at radius 3 is 2.55 bits per heavy atom. The van der Waals surface area contributed by atoms with Crippen LogP contribution in [0.1, 0.15) is 42.5 Å². The molecule has 1 atom stereocenters. The van der Waals surface area contributed by atoms with Gasteiger partial charge in [-0.05, 0) is 56.8 Å². The van der Waals surface area contributed by atoms with E-state index in [1.165, 1.54) is 16.7 Å². The van der Waals surface area contributed by atoms with Crippen molar-refractivity contribution >= 4 is 0 Å². The first-order chi connectivity index (χ1) is 9.65. The van der Waals surface area contributed by atoms with Crippen molar-refractivity contribution in [1.29, 1.82) is 0 Å². The minimum absolute atomic E-state index is 0.406. The highest BCUT2D eigenvalue weighted by molar-refractivity contribution is 5.31. The third-order valence-corrected chi connectivity index (χ3v) is 3.63. The van der Waals surface area contributed by atoms with E-state index in [9.17, 15) is 0 Å². The maximum Gasteiger partial charge on any atom is 0.0700 e. The highest BCUT2D eigenvalue weighted by atomic mass is 16.5. The van der Waals surface area contributed by atoms with E-state index in [0.717, 1.165) is 26.0 Å². The molecule has 1 aromatic carbocycles. The van der Waals surface area contributed by atoms with Crippen LogP contribution in [0.25, 0.3) is 0 Å². The third-order valence-electron chi connectivity index (χ3n) is 3.63. The molecule has 1 unspecified atom stereocenters. The van der Waals surface area contributed by atoms with Crippen molar-refractivity contribution in [2.75, 3.05) is 33.5 Å². The van der Waals surface area contributed by atoms with Gasteiger partial charge < -0.3 is 14.8 Å². The summed E-state index contributed by atoms with van der Waals surface area (Å²) in [6.45, 7) is 9.78. The monoisotopic (exact) mass is 279 g/mol. The summed E-state index contributed by atoms with van der Waals surface area (Å²) in [6.07, 6.45) is 2.23. The number of hydrogen-bond donors (Lipinski definition) is 1. The van der Waals surface area contributed by atoms with Crippen LogP contribution in [0.3, 0.4) is 0 Å². The van der Waals surface area contributed by atoms with E-state index in [1.807, 2.05) is 0 Å². The smallest absolute Gasteiger partial charge is 0.0700 e. The molecule has 20 heavy (non-hydrogen) atoms. The summed E-state index contributed by atoms with van der Waals surface area (Å²) in [6, 6.07) is 7.10. The summed E-state index contributed by atoms with van der Waals surface area (Å²) < 4.78 is 10.4. The van der Waals surface area contributed by atoms with Crippen LogP contribution in [0, 0.1) is 13.8 Å². The van der Waals surface area contributed by atoms with E-state index in [1.54, 1.807) is 7.11 Å². The lowest BCUT2D eigenvalue weighted by atomic mass is 10.0. The molecular formula is C17H29NO2.